The van der Waals surface area contributed by atoms with E-state index in [1.54, 1.807) is 0 Å². The summed E-state index contributed by atoms with van der Waals surface area (Å²) in [4.78, 5) is 22.6. The van der Waals surface area contributed by atoms with Crippen molar-refractivity contribution in [3.8, 4) is 0 Å². The van der Waals surface area contributed by atoms with Crippen LogP contribution in [0.5, 0.6) is 0 Å². The normalized spacial score (nSPS) is 12.0. The minimum absolute atomic E-state index is 0.1000. The van der Waals surface area contributed by atoms with Gasteiger partial charge in [-0.15, -0.1) is 0 Å². The molecule has 0 saturated carbocycles. The summed E-state index contributed by atoms with van der Waals surface area (Å²) in [7, 11) is 0. The van der Waals surface area contributed by atoms with E-state index in [-0.39, 0.29) is 22.0 Å². The molecule has 0 aliphatic heterocycles. The number of halogens is 3. The Hall–Kier alpha value is -1.37. The molecule has 19 heavy (non-hydrogen) atoms. The second-order valence-corrected chi connectivity index (χ2v) is 4.44. The molecule has 8 heteroatoms. The highest BCUT2D eigenvalue weighted by molar-refractivity contribution is 6.36. The number of carboxylic acids is 1. The monoisotopic (exact) mass is 309 g/mol. The molecule has 0 spiro atoms. The van der Waals surface area contributed by atoms with Crippen molar-refractivity contribution in [2.45, 2.75) is 12.5 Å². The predicted octanol–water partition coefficient (Wildman–Crippen LogP) is 1.70. The number of amides is 1. The Morgan fingerprint density at radius 3 is 2.47 bits per heavy atom. The Balaban J connectivity index is 2.94. The van der Waals surface area contributed by atoms with Crippen LogP contribution in [0.3, 0.4) is 0 Å². The van der Waals surface area contributed by atoms with Gasteiger partial charge in [0.15, 0.2) is 0 Å². The van der Waals surface area contributed by atoms with Crippen LogP contribution in [-0.2, 0) is 4.79 Å². The molecule has 0 bridgehead atoms. The summed E-state index contributed by atoms with van der Waals surface area (Å²) in [6.07, 6.45) is -0.172. The van der Waals surface area contributed by atoms with Crippen molar-refractivity contribution in [2.24, 2.45) is 0 Å². The highest BCUT2D eigenvalue weighted by atomic mass is 35.5. The summed E-state index contributed by atoms with van der Waals surface area (Å²) in [6, 6.07) is 0.583. The molecule has 0 aliphatic carbocycles. The van der Waals surface area contributed by atoms with Crippen LogP contribution in [0.4, 0.5) is 4.39 Å². The summed E-state index contributed by atoms with van der Waals surface area (Å²) in [5.41, 5.74) is -0.229. The minimum Gasteiger partial charge on any atom is -0.480 e. The topological polar surface area (TPSA) is 86.6 Å². The molecule has 0 aliphatic rings. The second kappa shape index (κ2) is 6.70. The fraction of sp³-hybridized carbons (Fsp3) is 0.273. The van der Waals surface area contributed by atoms with E-state index in [0.29, 0.717) is 0 Å². The quantitative estimate of drug-likeness (QED) is 0.723. The molecular formula is C11H10Cl2FNO4. The molecule has 1 aromatic carbocycles. The van der Waals surface area contributed by atoms with Crippen molar-refractivity contribution in [1.82, 2.24) is 5.32 Å². The number of aliphatic hydroxyl groups is 1. The Morgan fingerprint density at radius 1 is 1.32 bits per heavy atom. The van der Waals surface area contributed by atoms with Crippen molar-refractivity contribution >= 4 is 35.1 Å². The van der Waals surface area contributed by atoms with E-state index in [2.05, 4.69) is 5.32 Å². The van der Waals surface area contributed by atoms with Gasteiger partial charge in [-0.1, -0.05) is 23.2 Å². The van der Waals surface area contributed by atoms with Crippen LogP contribution in [0.15, 0.2) is 12.1 Å². The van der Waals surface area contributed by atoms with Gasteiger partial charge >= 0.3 is 5.97 Å². The Bertz CT molecular complexity index is 510. The number of hydrogen-bond acceptors (Lipinski definition) is 3. The van der Waals surface area contributed by atoms with Gasteiger partial charge in [0, 0.05) is 13.0 Å². The van der Waals surface area contributed by atoms with E-state index < -0.39 is 30.3 Å². The van der Waals surface area contributed by atoms with E-state index in [4.69, 9.17) is 33.4 Å². The number of aliphatic carboxylic acids is 1. The van der Waals surface area contributed by atoms with Gasteiger partial charge in [-0.25, -0.2) is 9.18 Å². The lowest BCUT2D eigenvalue weighted by atomic mass is 10.1. The first kappa shape index (κ1) is 15.7. The van der Waals surface area contributed by atoms with E-state index in [9.17, 15) is 14.0 Å². The molecule has 1 aromatic rings. The van der Waals surface area contributed by atoms with Gasteiger partial charge in [0.2, 0.25) is 0 Å². The number of nitrogens with one attached hydrogen (secondary N) is 1. The maximum atomic E-state index is 13.2. The first-order chi connectivity index (χ1) is 8.86. The van der Waals surface area contributed by atoms with Crippen LogP contribution in [0.2, 0.25) is 10.0 Å². The van der Waals surface area contributed by atoms with Crippen molar-refractivity contribution < 1.29 is 24.2 Å². The lowest BCUT2D eigenvalue weighted by Gasteiger charge is -2.14. The lowest BCUT2D eigenvalue weighted by Crippen LogP contribution is -2.41. The van der Waals surface area contributed by atoms with Gasteiger partial charge in [-0.3, -0.25) is 4.79 Å². The zero-order valence-corrected chi connectivity index (χ0v) is 11.0. The van der Waals surface area contributed by atoms with Gasteiger partial charge in [0.05, 0.1) is 15.6 Å². The average Bonchev–Trinajstić information content (AvgIpc) is 2.32. The average molecular weight is 310 g/mol. The molecule has 1 amide bonds. The molecule has 1 rings (SSSR count). The van der Waals surface area contributed by atoms with Gasteiger partial charge in [0.1, 0.15) is 11.9 Å². The number of benzene rings is 1. The molecule has 5 nitrogen and oxygen atoms in total. The highest BCUT2D eigenvalue weighted by Crippen LogP contribution is 2.24. The molecule has 104 valence electrons. The number of carboxylic acid groups (broad SMARTS) is 1. The molecule has 0 saturated heterocycles. The van der Waals surface area contributed by atoms with E-state index in [1.165, 1.54) is 0 Å². The Labute approximate surface area is 117 Å². The Morgan fingerprint density at radius 2 is 1.95 bits per heavy atom. The van der Waals surface area contributed by atoms with E-state index >= 15 is 0 Å². The smallest absolute Gasteiger partial charge is 0.326 e. The van der Waals surface area contributed by atoms with Gasteiger partial charge < -0.3 is 15.5 Å². The number of rotatable bonds is 5. The van der Waals surface area contributed by atoms with Gasteiger partial charge in [-0.2, -0.15) is 0 Å². The Kier molecular flexibility index (Phi) is 5.53. The molecule has 0 aromatic heterocycles. The number of carbonyl (C=O) groups excluding carboxylic acids is 1. The number of aliphatic hydroxyl groups excluding tert-OH is 1. The molecule has 0 radical (unpaired) electrons. The third kappa shape index (κ3) is 4.05. The maximum absolute atomic E-state index is 13.2. The van der Waals surface area contributed by atoms with Gasteiger partial charge in [0.25, 0.3) is 5.91 Å². The fourth-order valence-electron chi connectivity index (χ4n) is 1.32. The van der Waals surface area contributed by atoms with Crippen LogP contribution in [0.25, 0.3) is 0 Å². The molecule has 0 heterocycles. The van der Waals surface area contributed by atoms with Crippen LogP contribution in [0, 0.1) is 5.82 Å². The van der Waals surface area contributed by atoms with Crippen LogP contribution in [0.1, 0.15) is 16.8 Å². The van der Waals surface area contributed by atoms with Crippen molar-refractivity contribution in [3.05, 3.63) is 33.6 Å². The van der Waals surface area contributed by atoms with E-state index in [1.807, 2.05) is 0 Å². The minimum atomic E-state index is -1.31. The first-order valence-corrected chi connectivity index (χ1v) is 5.91. The molecule has 0 fully saturated rings. The highest BCUT2D eigenvalue weighted by Gasteiger charge is 2.22. The second-order valence-electron chi connectivity index (χ2n) is 3.62. The van der Waals surface area contributed by atoms with Crippen molar-refractivity contribution in [1.29, 1.82) is 0 Å². The number of carbonyl (C=O) groups is 2. The lowest BCUT2D eigenvalue weighted by molar-refractivity contribution is -0.139. The summed E-state index contributed by atoms with van der Waals surface area (Å²) in [5, 5.41) is 19.3. The maximum Gasteiger partial charge on any atom is 0.326 e. The summed E-state index contributed by atoms with van der Waals surface area (Å²) in [5.74, 6) is -3.01. The van der Waals surface area contributed by atoms with E-state index in [0.717, 1.165) is 12.1 Å². The molecule has 3 N–H and O–H groups in total. The fourth-order valence-corrected chi connectivity index (χ4v) is 1.79. The molecular weight excluding hydrogens is 300 g/mol. The van der Waals surface area contributed by atoms with Crippen molar-refractivity contribution in [2.75, 3.05) is 6.61 Å². The largest absolute Gasteiger partial charge is 0.480 e. The first-order valence-electron chi connectivity index (χ1n) is 5.16. The van der Waals surface area contributed by atoms with Crippen molar-refractivity contribution in [3.63, 3.8) is 0 Å². The predicted molar refractivity (Wildman–Crippen MR) is 67.0 cm³/mol. The molecule has 1 atom stereocenters. The summed E-state index contributed by atoms with van der Waals surface area (Å²) < 4.78 is 13.2. The third-order valence-corrected chi connectivity index (χ3v) is 2.88. The van der Waals surface area contributed by atoms with Gasteiger partial charge in [-0.05, 0) is 12.1 Å². The summed E-state index contributed by atoms with van der Waals surface area (Å²) >= 11 is 11.2. The molecule has 0 unspecified atom stereocenters. The zero-order valence-electron chi connectivity index (χ0n) is 9.49. The van der Waals surface area contributed by atoms with Crippen LogP contribution >= 0.6 is 23.2 Å². The third-order valence-electron chi connectivity index (χ3n) is 2.28. The summed E-state index contributed by atoms with van der Waals surface area (Å²) in [6.45, 7) is -0.417. The number of hydrogen-bond donors (Lipinski definition) is 3. The standard InChI is InChI=1S/C11H10Cl2FNO4/c12-6-4-7(13)8(14)3-5(6)10(17)15-9(1-2-16)11(18)19/h3-4,9,16H,1-2H2,(H,15,17)(H,18,19)/t9-/m1/s1. The van der Waals surface area contributed by atoms with Crippen LogP contribution in [-0.4, -0.2) is 34.7 Å². The van der Waals surface area contributed by atoms with Crippen LogP contribution < -0.4 is 5.32 Å². The zero-order chi connectivity index (χ0) is 14.6. The SMILES string of the molecule is O=C(N[C@H](CCO)C(=O)O)c1cc(F)c(Cl)cc1Cl.